The van der Waals surface area contributed by atoms with E-state index in [1.807, 2.05) is 0 Å². The lowest BCUT2D eigenvalue weighted by molar-refractivity contribution is -0.00870. The van der Waals surface area contributed by atoms with Gasteiger partial charge in [0.25, 0.3) is 0 Å². The highest BCUT2D eigenvalue weighted by molar-refractivity contribution is 7.09. The fourth-order valence-corrected chi connectivity index (χ4v) is 3.95. The minimum absolute atomic E-state index is 0.114. The van der Waals surface area contributed by atoms with Crippen LogP contribution in [0.2, 0.25) is 0 Å². The van der Waals surface area contributed by atoms with Crippen LogP contribution >= 0.6 is 11.3 Å². The molecule has 1 aliphatic carbocycles. The number of nitrogens with two attached hydrogens (primary N) is 1. The number of thiazole rings is 1. The van der Waals surface area contributed by atoms with Crippen LogP contribution in [0, 0.1) is 11.3 Å². The van der Waals surface area contributed by atoms with Gasteiger partial charge in [-0.05, 0) is 31.6 Å². The SMILES string of the molecule is CCCC1CCC(CN)(C(O)c2cncs2)CC1. The van der Waals surface area contributed by atoms with Crippen LogP contribution < -0.4 is 5.73 Å². The van der Waals surface area contributed by atoms with Crippen LogP contribution in [0.25, 0.3) is 0 Å². The summed E-state index contributed by atoms with van der Waals surface area (Å²) in [6.45, 7) is 2.82. The Hall–Kier alpha value is -0.450. The molecule has 0 aliphatic heterocycles. The predicted molar refractivity (Wildman–Crippen MR) is 75.4 cm³/mol. The molecule has 18 heavy (non-hydrogen) atoms. The Kier molecular flexibility index (Phi) is 4.76. The molecule has 4 heteroatoms. The van der Waals surface area contributed by atoms with Gasteiger partial charge in [-0.3, -0.25) is 4.98 Å². The number of aliphatic hydroxyl groups excluding tert-OH is 1. The van der Waals surface area contributed by atoms with Crippen LogP contribution in [-0.4, -0.2) is 16.6 Å². The summed E-state index contributed by atoms with van der Waals surface area (Å²) in [5, 5.41) is 10.6. The second kappa shape index (κ2) is 6.13. The molecule has 1 aromatic heterocycles. The number of nitrogens with zero attached hydrogens (tertiary/aromatic N) is 1. The molecule has 3 nitrogen and oxygen atoms in total. The lowest BCUT2D eigenvalue weighted by Crippen LogP contribution is -2.40. The lowest BCUT2D eigenvalue weighted by atomic mass is 9.66. The molecule has 102 valence electrons. The molecule has 1 unspecified atom stereocenters. The average molecular weight is 268 g/mol. The molecule has 3 N–H and O–H groups in total. The average Bonchev–Trinajstić information content (AvgIpc) is 2.93. The molecule has 1 aromatic rings. The van der Waals surface area contributed by atoms with Crippen molar-refractivity contribution in [2.24, 2.45) is 17.1 Å². The third kappa shape index (κ3) is 2.76. The summed E-state index contributed by atoms with van der Waals surface area (Å²) in [5.41, 5.74) is 7.66. The molecular formula is C14H24N2OS. The summed E-state index contributed by atoms with van der Waals surface area (Å²) >= 11 is 1.53. The van der Waals surface area contributed by atoms with Crippen LogP contribution in [0.3, 0.4) is 0 Å². The molecule has 1 fully saturated rings. The lowest BCUT2D eigenvalue weighted by Gasteiger charge is -2.42. The van der Waals surface area contributed by atoms with Crippen molar-refractivity contribution in [2.75, 3.05) is 6.54 Å². The zero-order chi connectivity index (χ0) is 13.0. The Labute approximate surface area is 113 Å². The van der Waals surface area contributed by atoms with Gasteiger partial charge in [-0.1, -0.05) is 19.8 Å². The van der Waals surface area contributed by atoms with Crippen molar-refractivity contribution >= 4 is 11.3 Å². The van der Waals surface area contributed by atoms with Gasteiger partial charge in [-0.25, -0.2) is 0 Å². The summed E-state index contributed by atoms with van der Waals surface area (Å²) in [4.78, 5) is 5.03. The molecule has 0 aromatic carbocycles. The Balaban J connectivity index is 2.04. The summed E-state index contributed by atoms with van der Waals surface area (Å²) in [6, 6.07) is 0. The summed E-state index contributed by atoms with van der Waals surface area (Å²) in [5.74, 6) is 0.836. The first-order chi connectivity index (χ1) is 8.72. The van der Waals surface area contributed by atoms with Crippen molar-refractivity contribution < 1.29 is 5.11 Å². The second-order valence-corrected chi connectivity index (χ2v) is 6.52. The van der Waals surface area contributed by atoms with Gasteiger partial charge in [-0.15, -0.1) is 11.3 Å². The zero-order valence-corrected chi connectivity index (χ0v) is 12.0. The molecule has 0 spiro atoms. The first-order valence-corrected chi connectivity index (χ1v) is 7.86. The van der Waals surface area contributed by atoms with Gasteiger partial charge in [0.15, 0.2) is 0 Å². The first-order valence-electron chi connectivity index (χ1n) is 6.98. The molecule has 1 aliphatic rings. The van der Waals surface area contributed by atoms with E-state index in [1.165, 1.54) is 37.0 Å². The van der Waals surface area contributed by atoms with Gasteiger partial charge in [0.2, 0.25) is 0 Å². The minimum Gasteiger partial charge on any atom is -0.387 e. The Morgan fingerprint density at radius 2 is 2.28 bits per heavy atom. The van der Waals surface area contributed by atoms with Crippen LogP contribution in [0.4, 0.5) is 0 Å². The quantitative estimate of drug-likeness (QED) is 0.862. The molecule has 0 saturated heterocycles. The van der Waals surface area contributed by atoms with Gasteiger partial charge in [0.1, 0.15) is 0 Å². The predicted octanol–water partition coefficient (Wildman–Crippen LogP) is 3.11. The van der Waals surface area contributed by atoms with E-state index in [9.17, 15) is 5.11 Å². The zero-order valence-electron chi connectivity index (χ0n) is 11.1. The second-order valence-electron chi connectivity index (χ2n) is 5.60. The van der Waals surface area contributed by atoms with E-state index in [-0.39, 0.29) is 5.41 Å². The molecule has 0 bridgehead atoms. The van der Waals surface area contributed by atoms with Crippen molar-refractivity contribution in [1.29, 1.82) is 0 Å². The topological polar surface area (TPSA) is 59.1 Å². The van der Waals surface area contributed by atoms with Gasteiger partial charge >= 0.3 is 0 Å². The number of aliphatic hydroxyl groups is 1. The fraction of sp³-hybridized carbons (Fsp3) is 0.786. The van der Waals surface area contributed by atoms with E-state index in [0.717, 1.165) is 23.6 Å². The molecule has 1 saturated carbocycles. The molecule has 0 radical (unpaired) electrons. The normalized spacial score (nSPS) is 30.3. The smallest absolute Gasteiger partial charge is 0.0966 e. The molecule has 0 amide bonds. The third-order valence-electron chi connectivity index (χ3n) is 4.51. The number of rotatable bonds is 5. The Morgan fingerprint density at radius 1 is 1.56 bits per heavy atom. The van der Waals surface area contributed by atoms with E-state index >= 15 is 0 Å². The third-order valence-corrected chi connectivity index (χ3v) is 5.33. The highest BCUT2D eigenvalue weighted by atomic mass is 32.1. The van der Waals surface area contributed by atoms with Gasteiger partial charge in [0, 0.05) is 18.2 Å². The summed E-state index contributed by atoms with van der Waals surface area (Å²) in [7, 11) is 0. The van der Waals surface area contributed by atoms with Crippen molar-refractivity contribution in [3.05, 3.63) is 16.6 Å². The van der Waals surface area contributed by atoms with Crippen LogP contribution in [-0.2, 0) is 0 Å². The summed E-state index contributed by atoms with van der Waals surface area (Å²) < 4.78 is 0. The monoisotopic (exact) mass is 268 g/mol. The summed E-state index contributed by atoms with van der Waals surface area (Å²) in [6.07, 6.45) is 8.44. The highest BCUT2D eigenvalue weighted by Crippen LogP contribution is 2.48. The Bertz CT molecular complexity index is 345. The van der Waals surface area contributed by atoms with Gasteiger partial charge in [0.05, 0.1) is 16.5 Å². The van der Waals surface area contributed by atoms with Crippen molar-refractivity contribution in [3.63, 3.8) is 0 Å². The minimum atomic E-state index is -0.433. The van der Waals surface area contributed by atoms with Crippen LogP contribution in [0.5, 0.6) is 0 Å². The largest absolute Gasteiger partial charge is 0.387 e. The fourth-order valence-electron chi connectivity index (χ4n) is 3.20. The van der Waals surface area contributed by atoms with Crippen molar-refractivity contribution in [1.82, 2.24) is 4.98 Å². The van der Waals surface area contributed by atoms with Crippen molar-refractivity contribution in [3.8, 4) is 0 Å². The van der Waals surface area contributed by atoms with E-state index < -0.39 is 6.10 Å². The highest BCUT2D eigenvalue weighted by Gasteiger charge is 2.41. The van der Waals surface area contributed by atoms with E-state index in [2.05, 4.69) is 11.9 Å². The van der Waals surface area contributed by atoms with Crippen LogP contribution in [0.1, 0.15) is 56.4 Å². The number of aromatic nitrogens is 1. The van der Waals surface area contributed by atoms with Gasteiger partial charge in [-0.2, -0.15) is 0 Å². The van der Waals surface area contributed by atoms with E-state index in [0.29, 0.717) is 6.54 Å². The maximum absolute atomic E-state index is 10.6. The standard InChI is InChI=1S/C14H24N2OS/c1-2-3-11-4-6-14(9-15,7-5-11)13(17)12-8-16-10-18-12/h8,10-11,13,17H,2-7,9,15H2,1H3. The van der Waals surface area contributed by atoms with E-state index in [4.69, 9.17) is 5.73 Å². The number of hydrogen-bond acceptors (Lipinski definition) is 4. The maximum atomic E-state index is 10.6. The van der Waals surface area contributed by atoms with E-state index in [1.54, 1.807) is 11.7 Å². The van der Waals surface area contributed by atoms with Crippen LogP contribution in [0.15, 0.2) is 11.7 Å². The maximum Gasteiger partial charge on any atom is 0.0966 e. The Morgan fingerprint density at radius 3 is 2.78 bits per heavy atom. The first kappa shape index (κ1) is 14.0. The molecule has 2 rings (SSSR count). The number of hydrogen-bond donors (Lipinski definition) is 2. The van der Waals surface area contributed by atoms with Crippen molar-refractivity contribution in [2.45, 2.75) is 51.6 Å². The molecular weight excluding hydrogens is 244 g/mol. The molecule has 1 atom stereocenters. The van der Waals surface area contributed by atoms with Gasteiger partial charge < -0.3 is 10.8 Å². The molecule has 1 heterocycles.